The highest BCUT2D eigenvalue weighted by Crippen LogP contribution is 2.27. The number of amides is 2. The van der Waals surface area contributed by atoms with Gasteiger partial charge in [0.15, 0.2) is 0 Å². The number of anilines is 2. The molecule has 0 bridgehead atoms. The van der Waals surface area contributed by atoms with E-state index in [4.69, 9.17) is 0 Å². The lowest BCUT2D eigenvalue weighted by Gasteiger charge is -2.34. The number of nitrogens with zero attached hydrogens (tertiary/aromatic N) is 2. The fourth-order valence-corrected chi connectivity index (χ4v) is 4.12. The zero-order chi connectivity index (χ0) is 22.7. The van der Waals surface area contributed by atoms with Gasteiger partial charge in [0.2, 0.25) is 5.91 Å². The maximum atomic E-state index is 12.6. The number of piperidine rings is 1. The summed E-state index contributed by atoms with van der Waals surface area (Å²) in [6.45, 7) is 2.07. The Morgan fingerprint density at radius 2 is 1.56 bits per heavy atom. The lowest BCUT2D eigenvalue weighted by atomic mass is 10.0. The summed E-state index contributed by atoms with van der Waals surface area (Å²) in [5, 5.41) is 3.05. The van der Waals surface area contributed by atoms with Gasteiger partial charge in [-0.2, -0.15) is 0 Å². The molecule has 0 saturated carbocycles. The molecule has 2 fully saturated rings. The Morgan fingerprint density at radius 3 is 2.12 bits per heavy atom. The highest BCUT2D eigenvalue weighted by molar-refractivity contribution is 5.97. The fourth-order valence-electron chi connectivity index (χ4n) is 4.12. The van der Waals surface area contributed by atoms with Crippen LogP contribution in [-0.4, -0.2) is 43.9 Å². The second-order valence-corrected chi connectivity index (χ2v) is 7.97. The lowest BCUT2D eigenvalue weighted by molar-refractivity contribution is -0.274. The molecular formula is C23H24F3N3O3. The Labute approximate surface area is 183 Å². The SMILES string of the molecule is O=C(NC1CCN(c2ccc(OC(F)(F)F)cc2)CC1)c1ccc(N2CCCC2=O)cc1. The Hall–Kier alpha value is -3.23. The summed E-state index contributed by atoms with van der Waals surface area (Å²) in [4.78, 5) is 28.3. The van der Waals surface area contributed by atoms with Gasteiger partial charge in [-0.15, -0.1) is 13.2 Å². The average molecular weight is 447 g/mol. The first-order chi connectivity index (χ1) is 15.3. The predicted octanol–water partition coefficient (Wildman–Crippen LogP) is 4.11. The van der Waals surface area contributed by atoms with E-state index < -0.39 is 6.36 Å². The molecule has 0 aromatic heterocycles. The predicted molar refractivity (Wildman–Crippen MR) is 114 cm³/mol. The molecule has 2 aliphatic heterocycles. The van der Waals surface area contributed by atoms with Crippen molar-refractivity contribution >= 4 is 23.2 Å². The smallest absolute Gasteiger partial charge is 0.406 e. The Bertz CT molecular complexity index is 953. The number of alkyl halides is 3. The van der Waals surface area contributed by atoms with Crippen molar-refractivity contribution in [3.63, 3.8) is 0 Å². The lowest BCUT2D eigenvalue weighted by Crippen LogP contribution is -2.44. The summed E-state index contributed by atoms with van der Waals surface area (Å²) in [6, 6.07) is 12.9. The van der Waals surface area contributed by atoms with Crippen molar-refractivity contribution in [2.45, 2.75) is 38.1 Å². The first-order valence-electron chi connectivity index (χ1n) is 10.6. The molecule has 170 valence electrons. The van der Waals surface area contributed by atoms with Crippen LogP contribution in [0.25, 0.3) is 0 Å². The van der Waals surface area contributed by atoms with E-state index in [2.05, 4.69) is 15.0 Å². The van der Waals surface area contributed by atoms with Crippen LogP contribution in [0.1, 0.15) is 36.0 Å². The summed E-state index contributed by atoms with van der Waals surface area (Å²) in [5.41, 5.74) is 2.17. The monoisotopic (exact) mass is 447 g/mol. The number of ether oxygens (including phenoxy) is 1. The number of benzene rings is 2. The molecule has 2 amide bonds. The third-order valence-electron chi connectivity index (χ3n) is 5.78. The van der Waals surface area contributed by atoms with Crippen LogP contribution in [0.5, 0.6) is 5.75 Å². The zero-order valence-corrected chi connectivity index (χ0v) is 17.4. The number of halogens is 3. The van der Waals surface area contributed by atoms with Crippen molar-refractivity contribution in [3.8, 4) is 5.75 Å². The number of carbonyl (C=O) groups is 2. The van der Waals surface area contributed by atoms with E-state index in [9.17, 15) is 22.8 Å². The van der Waals surface area contributed by atoms with Gasteiger partial charge in [0.05, 0.1) is 0 Å². The summed E-state index contributed by atoms with van der Waals surface area (Å²) >= 11 is 0. The molecule has 2 saturated heterocycles. The Morgan fingerprint density at radius 1 is 0.938 bits per heavy atom. The molecule has 6 nitrogen and oxygen atoms in total. The van der Waals surface area contributed by atoms with Crippen LogP contribution < -0.4 is 19.9 Å². The van der Waals surface area contributed by atoms with Crippen molar-refractivity contribution in [2.75, 3.05) is 29.4 Å². The third-order valence-corrected chi connectivity index (χ3v) is 5.78. The van der Waals surface area contributed by atoms with Gasteiger partial charge in [-0.1, -0.05) is 0 Å². The van der Waals surface area contributed by atoms with Crippen LogP contribution in [0.4, 0.5) is 24.5 Å². The molecule has 0 atom stereocenters. The molecule has 0 spiro atoms. The van der Waals surface area contributed by atoms with E-state index in [1.54, 1.807) is 41.3 Å². The highest BCUT2D eigenvalue weighted by atomic mass is 19.4. The summed E-state index contributed by atoms with van der Waals surface area (Å²) in [7, 11) is 0. The maximum Gasteiger partial charge on any atom is 0.573 e. The molecule has 2 heterocycles. The van der Waals surface area contributed by atoms with Crippen molar-refractivity contribution in [1.82, 2.24) is 5.32 Å². The summed E-state index contributed by atoms with van der Waals surface area (Å²) in [5.74, 6) is -0.295. The summed E-state index contributed by atoms with van der Waals surface area (Å²) < 4.78 is 40.8. The Balaban J connectivity index is 1.27. The number of rotatable bonds is 5. The van der Waals surface area contributed by atoms with Gasteiger partial charge in [-0.05, 0) is 67.8 Å². The molecule has 2 aromatic carbocycles. The molecule has 2 aliphatic rings. The Kier molecular flexibility index (Phi) is 6.25. The average Bonchev–Trinajstić information content (AvgIpc) is 3.20. The zero-order valence-electron chi connectivity index (χ0n) is 17.4. The number of nitrogens with one attached hydrogen (secondary N) is 1. The molecule has 2 aromatic rings. The second kappa shape index (κ2) is 9.10. The summed E-state index contributed by atoms with van der Waals surface area (Å²) in [6.07, 6.45) is -1.83. The van der Waals surface area contributed by atoms with Gasteiger partial charge in [0.25, 0.3) is 5.91 Å². The quantitative estimate of drug-likeness (QED) is 0.750. The van der Waals surface area contributed by atoms with E-state index in [1.165, 1.54) is 12.1 Å². The molecule has 9 heteroatoms. The minimum atomic E-state index is -4.70. The molecular weight excluding hydrogens is 423 g/mol. The maximum absolute atomic E-state index is 12.6. The normalized spacial score (nSPS) is 17.5. The molecule has 0 radical (unpaired) electrons. The van der Waals surface area contributed by atoms with Crippen molar-refractivity contribution in [3.05, 3.63) is 54.1 Å². The van der Waals surface area contributed by atoms with Crippen LogP contribution in [-0.2, 0) is 4.79 Å². The van der Waals surface area contributed by atoms with Gasteiger partial charge in [-0.25, -0.2) is 0 Å². The molecule has 0 aliphatic carbocycles. The van der Waals surface area contributed by atoms with Crippen molar-refractivity contribution in [1.29, 1.82) is 0 Å². The third kappa shape index (κ3) is 5.33. The highest BCUT2D eigenvalue weighted by Gasteiger charge is 2.31. The second-order valence-electron chi connectivity index (χ2n) is 7.97. The van der Waals surface area contributed by atoms with E-state index >= 15 is 0 Å². The van der Waals surface area contributed by atoms with Crippen molar-refractivity contribution in [2.24, 2.45) is 0 Å². The van der Waals surface area contributed by atoms with E-state index in [0.717, 1.165) is 30.6 Å². The van der Waals surface area contributed by atoms with Crippen LogP contribution in [0, 0.1) is 0 Å². The van der Waals surface area contributed by atoms with Gasteiger partial charge in [0.1, 0.15) is 5.75 Å². The molecule has 4 rings (SSSR count). The number of hydrogen-bond acceptors (Lipinski definition) is 4. The van der Waals surface area contributed by atoms with Crippen molar-refractivity contribution < 1.29 is 27.5 Å². The van der Waals surface area contributed by atoms with Crippen LogP contribution in [0.3, 0.4) is 0 Å². The van der Waals surface area contributed by atoms with Gasteiger partial charge < -0.3 is 19.9 Å². The first-order valence-corrected chi connectivity index (χ1v) is 10.6. The van der Waals surface area contributed by atoms with E-state index in [0.29, 0.717) is 31.6 Å². The van der Waals surface area contributed by atoms with Gasteiger partial charge in [0, 0.05) is 49.0 Å². The number of hydrogen-bond donors (Lipinski definition) is 1. The molecule has 32 heavy (non-hydrogen) atoms. The van der Waals surface area contributed by atoms with Crippen LogP contribution in [0.2, 0.25) is 0 Å². The van der Waals surface area contributed by atoms with E-state index in [1.807, 2.05) is 0 Å². The fraction of sp³-hybridized carbons (Fsp3) is 0.391. The minimum absolute atomic E-state index is 0.0198. The number of carbonyl (C=O) groups excluding carboxylic acids is 2. The topological polar surface area (TPSA) is 61.9 Å². The standard InChI is InChI=1S/C23H24F3N3O3/c24-23(25,26)32-20-9-7-18(8-10-20)28-14-11-17(12-15-28)27-22(31)16-3-5-19(6-4-16)29-13-1-2-21(29)30/h3-10,17H,1-2,11-15H2,(H,27,31). The van der Waals surface area contributed by atoms with Crippen LogP contribution >= 0.6 is 0 Å². The minimum Gasteiger partial charge on any atom is -0.406 e. The van der Waals surface area contributed by atoms with Gasteiger partial charge in [-0.3, -0.25) is 9.59 Å². The largest absolute Gasteiger partial charge is 0.573 e. The van der Waals surface area contributed by atoms with Gasteiger partial charge >= 0.3 is 6.36 Å². The van der Waals surface area contributed by atoms with Crippen LogP contribution in [0.15, 0.2) is 48.5 Å². The first kappa shape index (κ1) is 22.0. The van der Waals surface area contributed by atoms with E-state index in [-0.39, 0.29) is 23.6 Å². The molecule has 1 N–H and O–H groups in total. The molecule has 0 unspecified atom stereocenters.